The van der Waals surface area contributed by atoms with Gasteiger partial charge in [0.05, 0.1) is 24.3 Å². The van der Waals surface area contributed by atoms with E-state index < -0.39 is 6.23 Å². The summed E-state index contributed by atoms with van der Waals surface area (Å²) < 4.78 is 8.03. The number of fused-ring (bicyclic) bond motifs is 1. The number of benzene rings is 1. The lowest BCUT2D eigenvalue weighted by atomic mass is 10.3. The van der Waals surface area contributed by atoms with E-state index >= 15 is 0 Å². The van der Waals surface area contributed by atoms with Crippen molar-refractivity contribution in [3.8, 4) is 11.6 Å². The summed E-state index contributed by atoms with van der Waals surface area (Å²) in [7, 11) is 2.12. The summed E-state index contributed by atoms with van der Waals surface area (Å²) in [5.41, 5.74) is 2.52. The lowest BCUT2D eigenvalue weighted by Crippen LogP contribution is -2.16. The first-order valence-electron chi connectivity index (χ1n) is 10.6. The van der Waals surface area contributed by atoms with Crippen molar-refractivity contribution in [1.29, 1.82) is 0 Å². The zero-order valence-electron chi connectivity index (χ0n) is 18.1. The lowest BCUT2D eigenvalue weighted by molar-refractivity contribution is 0.253. The number of hydrogen-bond donors (Lipinski definition) is 4. The first-order valence-corrected chi connectivity index (χ1v) is 10.6. The SMILES string of the molecule is C=CC(O)Nc1cccc(Oc2nc(Nc3cnn(C4CCN(C)C4)c3)nc3nc[nH]c23)c1. The number of likely N-dealkylation sites (tertiary alicyclic amines) is 1. The largest absolute Gasteiger partial charge is 0.437 e. The molecule has 5 rings (SSSR count). The average Bonchev–Trinajstić information content (AvgIpc) is 3.55. The normalized spacial score (nSPS) is 17.2. The number of rotatable bonds is 8. The van der Waals surface area contributed by atoms with Gasteiger partial charge in [0.1, 0.15) is 17.5 Å². The maximum Gasteiger partial charge on any atom is 0.250 e. The Morgan fingerprint density at radius 2 is 2.24 bits per heavy atom. The number of aliphatic hydroxyl groups excluding tert-OH is 1. The summed E-state index contributed by atoms with van der Waals surface area (Å²) in [6.45, 7) is 5.60. The molecule has 0 radical (unpaired) electrons. The molecule has 3 aromatic heterocycles. The second-order valence-corrected chi connectivity index (χ2v) is 7.95. The fourth-order valence-electron chi connectivity index (χ4n) is 3.79. The topological polar surface area (TPSA) is 129 Å². The number of likely N-dealkylation sites (N-methyl/N-ethyl adjacent to an activating group) is 1. The Labute approximate surface area is 190 Å². The second-order valence-electron chi connectivity index (χ2n) is 7.95. The van der Waals surface area contributed by atoms with Crippen LogP contribution in [0.25, 0.3) is 11.2 Å². The minimum absolute atomic E-state index is 0.325. The van der Waals surface area contributed by atoms with Crippen molar-refractivity contribution in [1.82, 2.24) is 34.6 Å². The Kier molecular flexibility index (Phi) is 5.63. The quantitative estimate of drug-likeness (QED) is 0.238. The van der Waals surface area contributed by atoms with E-state index in [1.807, 2.05) is 23.0 Å². The number of hydrogen-bond acceptors (Lipinski definition) is 9. The van der Waals surface area contributed by atoms with E-state index in [9.17, 15) is 5.11 Å². The minimum Gasteiger partial charge on any atom is -0.437 e. The predicted octanol–water partition coefficient (Wildman–Crippen LogP) is 2.88. The Hall–Kier alpha value is -3.96. The van der Waals surface area contributed by atoms with Gasteiger partial charge in [0, 0.05) is 24.5 Å². The number of aromatic amines is 1. The molecule has 11 nitrogen and oxygen atoms in total. The molecule has 11 heteroatoms. The van der Waals surface area contributed by atoms with Crippen LogP contribution in [-0.4, -0.2) is 66.1 Å². The molecule has 0 aliphatic carbocycles. The highest BCUT2D eigenvalue weighted by atomic mass is 16.5. The fourth-order valence-corrected chi connectivity index (χ4v) is 3.79. The van der Waals surface area contributed by atoms with Crippen molar-refractivity contribution >= 4 is 28.5 Å². The van der Waals surface area contributed by atoms with E-state index in [4.69, 9.17) is 4.74 Å². The summed E-state index contributed by atoms with van der Waals surface area (Å²) >= 11 is 0. The number of imidazole rings is 1. The number of ether oxygens (including phenoxy) is 1. The molecule has 2 atom stereocenters. The smallest absolute Gasteiger partial charge is 0.250 e. The van der Waals surface area contributed by atoms with Crippen LogP contribution in [0.2, 0.25) is 0 Å². The van der Waals surface area contributed by atoms with Crippen LogP contribution in [0.3, 0.4) is 0 Å². The Bertz CT molecular complexity index is 1270. The Morgan fingerprint density at radius 3 is 3.06 bits per heavy atom. The molecule has 1 saturated heterocycles. The van der Waals surface area contributed by atoms with Gasteiger partial charge in [0.2, 0.25) is 5.95 Å². The van der Waals surface area contributed by atoms with E-state index in [0.29, 0.717) is 40.5 Å². The van der Waals surface area contributed by atoms with Crippen LogP contribution in [0.1, 0.15) is 12.5 Å². The summed E-state index contributed by atoms with van der Waals surface area (Å²) in [5.74, 6) is 1.21. The molecule has 0 bridgehead atoms. The highest BCUT2D eigenvalue weighted by Crippen LogP contribution is 2.29. The molecule has 0 amide bonds. The summed E-state index contributed by atoms with van der Waals surface area (Å²) in [6, 6.07) is 7.54. The van der Waals surface area contributed by atoms with Gasteiger partial charge in [-0.1, -0.05) is 12.6 Å². The summed E-state index contributed by atoms with van der Waals surface area (Å²) in [4.78, 5) is 18.6. The molecule has 170 valence electrons. The van der Waals surface area contributed by atoms with Crippen LogP contribution in [0, 0.1) is 0 Å². The van der Waals surface area contributed by atoms with Gasteiger partial charge in [-0.15, -0.1) is 0 Å². The van der Waals surface area contributed by atoms with Gasteiger partial charge in [-0.3, -0.25) is 4.68 Å². The van der Waals surface area contributed by atoms with Gasteiger partial charge in [-0.25, -0.2) is 4.98 Å². The van der Waals surface area contributed by atoms with E-state index in [1.165, 1.54) is 6.08 Å². The molecular weight excluding hydrogens is 422 g/mol. The van der Waals surface area contributed by atoms with Crippen molar-refractivity contribution in [3.05, 3.63) is 55.6 Å². The average molecular weight is 448 g/mol. The van der Waals surface area contributed by atoms with Crippen molar-refractivity contribution in [2.24, 2.45) is 0 Å². The van der Waals surface area contributed by atoms with Gasteiger partial charge < -0.3 is 30.4 Å². The number of aliphatic hydroxyl groups is 1. The number of H-pyrrole nitrogens is 1. The van der Waals surface area contributed by atoms with Crippen molar-refractivity contribution in [2.75, 3.05) is 30.8 Å². The number of anilines is 3. The number of aromatic nitrogens is 6. The van der Waals surface area contributed by atoms with Crippen LogP contribution in [0.5, 0.6) is 11.6 Å². The summed E-state index contributed by atoms with van der Waals surface area (Å²) in [6.07, 6.45) is 6.88. The van der Waals surface area contributed by atoms with Crippen molar-refractivity contribution < 1.29 is 9.84 Å². The standard InChI is InChI=1S/C22H25N9O2/c1-3-18(32)26-14-5-4-6-17(9-14)33-21-19-20(24-13-23-19)28-22(29-21)27-15-10-25-31(11-15)16-7-8-30(2)12-16/h3-6,9-11,13,16,18,26,32H,1,7-8,12H2,2H3,(H2,23,24,27,28,29). The molecule has 1 aliphatic heterocycles. The lowest BCUT2D eigenvalue weighted by Gasteiger charge is -2.12. The molecule has 4 heterocycles. The predicted molar refractivity (Wildman–Crippen MR) is 125 cm³/mol. The molecule has 2 unspecified atom stereocenters. The van der Waals surface area contributed by atoms with Gasteiger partial charge in [0.15, 0.2) is 5.65 Å². The van der Waals surface area contributed by atoms with E-state index in [0.717, 1.165) is 25.2 Å². The first-order chi connectivity index (χ1) is 16.1. The molecule has 0 saturated carbocycles. The van der Waals surface area contributed by atoms with Gasteiger partial charge in [-0.2, -0.15) is 15.1 Å². The van der Waals surface area contributed by atoms with E-state index in [1.54, 1.807) is 24.7 Å². The maximum atomic E-state index is 9.74. The Balaban J connectivity index is 1.37. The van der Waals surface area contributed by atoms with Crippen molar-refractivity contribution in [3.63, 3.8) is 0 Å². The van der Waals surface area contributed by atoms with Crippen LogP contribution in [-0.2, 0) is 0 Å². The molecule has 1 aliphatic rings. The number of nitrogens with one attached hydrogen (secondary N) is 3. The molecule has 0 spiro atoms. The van der Waals surface area contributed by atoms with Crippen LogP contribution in [0.4, 0.5) is 17.3 Å². The fraction of sp³-hybridized carbons (Fsp3) is 0.273. The zero-order valence-corrected chi connectivity index (χ0v) is 18.1. The van der Waals surface area contributed by atoms with E-state index in [2.05, 4.69) is 54.2 Å². The molecule has 4 N–H and O–H groups in total. The third kappa shape index (κ3) is 4.64. The summed E-state index contributed by atoms with van der Waals surface area (Å²) in [5, 5.41) is 20.3. The molecule has 4 aromatic rings. The number of nitrogens with zero attached hydrogens (tertiary/aromatic N) is 6. The molecule has 33 heavy (non-hydrogen) atoms. The first kappa shape index (κ1) is 20.9. The zero-order chi connectivity index (χ0) is 22.8. The highest BCUT2D eigenvalue weighted by molar-refractivity contribution is 5.78. The third-order valence-corrected chi connectivity index (χ3v) is 5.44. The van der Waals surface area contributed by atoms with Gasteiger partial charge >= 0.3 is 0 Å². The van der Waals surface area contributed by atoms with Crippen molar-refractivity contribution in [2.45, 2.75) is 18.7 Å². The molecule has 1 aromatic carbocycles. The van der Waals surface area contributed by atoms with Gasteiger partial charge in [0.25, 0.3) is 5.88 Å². The second kappa shape index (κ2) is 8.88. The van der Waals surface area contributed by atoms with E-state index in [-0.39, 0.29) is 0 Å². The molecule has 1 fully saturated rings. The minimum atomic E-state index is -0.861. The van der Waals surface area contributed by atoms with Crippen LogP contribution in [0.15, 0.2) is 55.6 Å². The maximum absolute atomic E-state index is 9.74. The van der Waals surface area contributed by atoms with Gasteiger partial charge in [-0.05, 0) is 38.2 Å². The van der Waals surface area contributed by atoms with Crippen LogP contribution < -0.4 is 15.4 Å². The van der Waals surface area contributed by atoms with Crippen LogP contribution >= 0.6 is 0 Å². The molecular formula is C22H25N9O2. The Morgan fingerprint density at radius 1 is 1.33 bits per heavy atom. The monoisotopic (exact) mass is 447 g/mol. The highest BCUT2D eigenvalue weighted by Gasteiger charge is 2.22. The third-order valence-electron chi connectivity index (χ3n) is 5.44.